The van der Waals surface area contributed by atoms with E-state index in [1.807, 2.05) is 42.5 Å². The van der Waals surface area contributed by atoms with Crippen molar-refractivity contribution in [1.82, 2.24) is 9.97 Å². The first-order chi connectivity index (χ1) is 11.3. The molecule has 0 atom stereocenters. The average Bonchev–Trinajstić information content (AvgIpc) is 3.39. The largest absolute Gasteiger partial charge is 0.376 e. The Hall–Kier alpha value is -2.46. The van der Waals surface area contributed by atoms with E-state index in [1.165, 1.54) is 12.8 Å². The highest BCUT2D eigenvalue weighted by atomic mass is 16.5. The first-order valence-corrected chi connectivity index (χ1v) is 7.96. The van der Waals surface area contributed by atoms with E-state index in [2.05, 4.69) is 9.97 Å². The fourth-order valence-corrected chi connectivity index (χ4v) is 2.66. The second-order valence-electron chi connectivity index (χ2n) is 6.09. The van der Waals surface area contributed by atoms with Crippen molar-refractivity contribution >= 4 is 10.9 Å². The SMILES string of the molecule is O=c1[nH]c(-c2cccc(COCC3CC3)c2)nc2ccccc12. The summed E-state index contributed by atoms with van der Waals surface area (Å²) in [4.78, 5) is 19.6. The summed E-state index contributed by atoms with van der Waals surface area (Å²) in [7, 11) is 0. The molecule has 0 amide bonds. The molecule has 0 spiro atoms. The Bertz CT molecular complexity index is 897. The highest BCUT2D eigenvalue weighted by molar-refractivity contribution is 5.79. The summed E-state index contributed by atoms with van der Waals surface area (Å²) in [5.74, 6) is 1.36. The molecule has 1 aliphatic carbocycles. The van der Waals surface area contributed by atoms with E-state index in [4.69, 9.17) is 4.74 Å². The van der Waals surface area contributed by atoms with Gasteiger partial charge >= 0.3 is 0 Å². The van der Waals surface area contributed by atoms with Crippen molar-refractivity contribution in [2.24, 2.45) is 5.92 Å². The molecule has 2 aromatic carbocycles. The molecule has 0 aliphatic heterocycles. The third kappa shape index (κ3) is 3.17. The van der Waals surface area contributed by atoms with E-state index >= 15 is 0 Å². The maximum absolute atomic E-state index is 12.2. The summed E-state index contributed by atoms with van der Waals surface area (Å²) >= 11 is 0. The number of hydrogen-bond donors (Lipinski definition) is 1. The zero-order chi connectivity index (χ0) is 15.6. The maximum atomic E-state index is 12.2. The highest BCUT2D eigenvalue weighted by Crippen LogP contribution is 2.29. The number of aromatic nitrogens is 2. The lowest BCUT2D eigenvalue weighted by Crippen LogP contribution is -2.09. The molecule has 1 N–H and O–H groups in total. The van der Waals surface area contributed by atoms with E-state index in [0.29, 0.717) is 23.3 Å². The number of nitrogens with one attached hydrogen (secondary N) is 1. The van der Waals surface area contributed by atoms with Crippen LogP contribution in [-0.4, -0.2) is 16.6 Å². The van der Waals surface area contributed by atoms with Crippen molar-refractivity contribution in [2.75, 3.05) is 6.61 Å². The molecule has 0 radical (unpaired) electrons. The first-order valence-electron chi connectivity index (χ1n) is 7.96. The molecular weight excluding hydrogens is 288 g/mol. The van der Waals surface area contributed by atoms with Gasteiger partial charge in [-0.15, -0.1) is 0 Å². The van der Waals surface area contributed by atoms with Gasteiger partial charge in [-0.25, -0.2) is 4.98 Å². The summed E-state index contributed by atoms with van der Waals surface area (Å²) in [6.07, 6.45) is 2.59. The van der Waals surface area contributed by atoms with Crippen LogP contribution in [0.2, 0.25) is 0 Å². The number of H-pyrrole nitrogens is 1. The van der Waals surface area contributed by atoms with Gasteiger partial charge in [0.1, 0.15) is 5.82 Å². The van der Waals surface area contributed by atoms with Gasteiger partial charge in [-0.05, 0) is 42.5 Å². The second-order valence-corrected chi connectivity index (χ2v) is 6.09. The fraction of sp³-hybridized carbons (Fsp3) is 0.263. The highest BCUT2D eigenvalue weighted by Gasteiger charge is 2.21. The quantitative estimate of drug-likeness (QED) is 0.784. The first kappa shape index (κ1) is 14.2. The van der Waals surface area contributed by atoms with E-state index < -0.39 is 0 Å². The van der Waals surface area contributed by atoms with Crippen LogP contribution >= 0.6 is 0 Å². The van der Waals surface area contributed by atoms with Crippen molar-refractivity contribution < 1.29 is 4.74 Å². The zero-order valence-corrected chi connectivity index (χ0v) is 12.8. The number of para-hydroxylation sites is 1. The number of hydrogen-bond acceptors (Lipinski definition) is 3. The third-order valence-corrected chi connectivity index (χ3v) is 4.13. The lowest BCUT2D eigenvalue weighted by atomic mass is 10.1. The number of ether oxygens (including phenoxy) is 1. The average molecular weight is 306 g/mol. The van der Waals surface area contributed by atoms with Crippen molar-refractivity contribution in [1.29, 1.82) is 0 Å². The van der Waals surface area contributed by atoms with Gasteiger partial charge in [-0.2, -0.15) is 0 Å². The standard InChI is InChI=1S/C19H18N2O2/c22-19-16-6-1-2-7-17(16)20-18(21-19)15-5-3-4-14(10-15)12-23-11-13-8-9-13/h1-7,10,13H,8-9,11-12H2,(H,20,21,22). The van der Waals surface area contributed by atoms with E-state index in [-0.39, 0.29) is 5.56 Å². The normalized spacial score (nSPS) is 14.3. The van der Waals surface area contributed by atoms with Gasteiger partial charge in [0.2, 0.25) is 0 Å². The molecule has 3 aromatic rings. The summed E-state index contributed by atoms with van der Waals surface area (Å²) in [6.45, 7) is 1.44. The van der Waals surface area contributed by atoms with Crippen LogP contribution in [-0.2, 0) is 11.3 Å². The van der Waals surface area contributed by atoms with Gasteiger partial charge in [0.25, 0.3) is 5.56 Å². The molecule has 4 nitrogen and oxygen atoms in total. The topological polar surface area (TPSA) is 55.0 Å². The van der Waals surface area contributed by atoms with Crippen LogP contribution in [0.3, 0.4) is 0 Å². The molecule has 4 rings (SSSR count). The number of fused-ring (bicyclic) bond motifs is 1. The van der Waals surface area contributed by atoms with Crippen molar-refractivity contribution in [3.05, 3.63) is 64.4 Å². The Kier molecular flexibility index (Phi) is 3.67. The molecule has 1 saturated carbocycles. The van der Waals surface area contributed by atoms with Crippen molar-refractivity contribution in [3.63, 3.8) is 0 Å². The summed E-state index contributed by atoms with van der Waals surface area (Å²) < 4.78 is 5.74. The van der Waals surface area contributed by atoms with E-state index in [1.54, 1.807) is 6.07 Å². The molecule has 1 aromatic heterocycles. The second kappa shape index (κ2) is 5.97. The van der Waals surface area contributed by atoms with E-state index in [9.17, 15) is 4.79 Å². The molecular formula is C19H18N2O2. The van der Waals surface area contributed by atoms with Crippen LogP contribution < -0.4 is 5.56 Å². The van der Waals surface area contributed by atoms with Gasteiger partial charge in [0, 0.05) is 12.2 Å². The predicted octanol–water partition coefficient (Wildman–Crippen LogP) is 3.52. The maximum Gasteiger partial charge on any atom is 0.259 e. The van der Waals surface area contributed by atoms with Crippen LogP contribution in [0.15, 0.2) is 53.3 Å². The van der Waals surface area contributed by atoms with Crippen LogP contribution in [0.4, 0.5) is 0 Å². The predicted molar refractivity (Wildman–Crippen MR) is 90.2 cm³/mol. The van der Waals surface area contributed by atoms with Crippen molar-refractivity contribution in [3.8, 4) is 11.4 Å². The van der Waals surface area contributed by atoms with E-state index in [0.717, 1.165) is 23.7 Å². The Labute approximate surface area is 134 Å². The minimum Gasteiger partial charge on any atom is -0.376 e. The summed E-state index contributed by atoms with van der Waals surface area (Å²) in [5.41, 5.74) is 2.60. The molecule has 116 valence electrons. The molecule has 1 heterocycles. The van der Waals surface area contributed by atoms with Crippen LogP contribution in [0.1, 0.15) is 18.4 Å². The lowest BCUT2D eigenvalue weighted by molar-refractivity contribution is 0.111. The molecule has 0 bridgehead atoms. The van der Waals surface area contributed by atoms with Gasteiger partial charge in [0.15, 0.2) is 0 Å². The monoisotopic (exact) mass is 306 g/mol. The smallest absolute Gasteiger partial charge is 0.259 e. The minimum atomic E-state index is -0.110. The minimum absolute atomic E-state index is 0.110. The van der Waals surface area contributed by atoms with Gasteiger partial charge in [0.05, 0.1) is 17.5 Å². The summed E-state index contributed by atoms with van der Waals surface area (Å²) in [6, 6.07) is 15.4. The molecule has 0 unspecified atom stereocenters. The number of nitrogens with zero attached hydrogens (tertiary/aromatic N) is 1. The Morgan fingerprint density at radius 3 is 2.87 bits per heavy atom. The number of rotatable bonds is 5. The molecule has 23 heavy (non-hydrogen) atoms. The van der Waals surface area contributed by atoms with Crippen LogP contribution in [0.25, 0.3) is 22.3 Å². The Morgan fingerprint density at radius 2 is 2.00 bits per heavy atom. The van der Waals surface area contributed by atoms with Gasteiger partial charge < -0.3 is 9.72 Å². The van der Waals surface area contributed by atoms with Crippen LogP contribution in [0, 0.1) is 5.92 Å². The van der Waals surface area contributed by atoms with Gasteiger partial charge in [-0.3, -0.25) is 4.79 Å². The zero-order valence-electron chi connectivity index (χ0n) is 12.8. The fourth-order valence-electron chi connectivity index (χ4n) is 2.66. The van der Waals surface area contributed by atoms with Crippen LogP contribution in [0.5, 0.6) is 0 Å². The molecule has 1 fully saturated rings. The lowest BCUT2D eigenvalue weighted by Gasteiger charge is -2.07. The van der Waals surface area contributed by atoms with Gasteiger partial charge in [-0.1, -0.05) is 30.3 Å². The summed E-state index contributed by atoms with van der Waals surface area (Å²) in [5, 5.41) is 0.611. The number of benzene rings is 2. The third-order valence-electron chi connectivity index (χ3n) is 4.13. The molecule has 4 heteroatoms. The van der Waals surface area contributed by atoms with Crippen molar-refractivity contribution in [2.45, 2.75) is 19.4 Å². The Balaban J connectivity index is 1.62. The Morgan fingerprint density at radius 1 is 1.13 bits per heavy atom. The number of aromatic amines is 1. The molecule has 0 saturated heterocycles. The molecule has 1 aliphatic rings.